The van der Waals surface area contributed by atoms with Crippen molar-refractivity contribution < 1.29 is 5.11 Å². The fourth-order valence-electron chi connectivity index (χ4n) is 2.75. The van der Waals surface area contributed by atoms with E-state index in [1.165, 1.54) is 23.4 Å². The monoisotopic (exact) mass is 322 g/mol. The summed E-state index contributed by atoms with van der Waals surface area (Å²) >= 11 is 3.45. The van der Waals surface area contributed by atoms with Gasteiger partial charge >= 0.3 is 0 Å². The van der Waals surface area contributed by atoms with Gasteiger partial charge in [-0.15, -0.1) is 11.3 Å². The summed E-state index contributed by atoms with van der Waals surface area (Å²) in [5.41, 5.74) is 1.47. The van der Waals surface area contributed by atoms with Crippen LogP contribution in [0, 0.1) is 5.92 Å². The van der Waals surface area contributed by atoms with Gasteiger partial charge in [-0.2, -0.15) is 11.3 Å². The first-order valence-corrected chi connectivity index (χ1v) is 9.24. The third-order valence-electron chi connectivity index (χ3n) is 4.12. The van der Waals surface area contributed by atoms with Crippen LogP contribution in [0.25, 0.3) is 0 Å². The number of aryl methyl sites for hydroxylation is 1. The van der Waals surface area contributed by atoms with Crippen LogP contribution < -0.4 is 5.32 Å². The molecule has 5 heteroatoms. The molecule has 3 rings (SSSR count). The molecule has 0 saturated carbocycles. The van der Waals surface area contributed by atoms with E-state index >= 15 is 0 Å². The number of fused-ring (bicyclic) bond motifs is 1. The van der Waals surface area contributed by atoms with Gasteiger partial charge in [0.2, 0.25) is 0 Å². The maximum Gasteiger partial charge on any atom is 0.107 e. The Morgan fingerprint density at radius 1 is 1.52 bits per heavy atom. The molecule has 114 valence electrons. The molecule has 0 aromatic carbocycles. The van der Waals surface area contributed by atoms with Crippen LogP contribution in [-0.4, -0.2) is 16.6 Å². The Kier molecular flexibility index (Phi) is 4.45. The van der Waals surface area contributed by atoms with Crippen molar-refractivity contribution in [1.29, 1.82) is 0 Å². The normalized spacial score (nSPS) is 21.0. The molecule has 0 radical (unpaired) electrons. The summed E-state index contributed by atoms with van der Waals surface area (Å²) in [5.74, 6) is 0.790. The second-order valence-electron chi connectivity index (χ2n) is 6.21. The number of nitrogens with zero attached hydrogens (tertiary/aromatic N) is 1. The predicted molar refractivity (Wildman–Crippen MR) is 88.9 cm³/mol. The summed E-state index contributed by atoms with van der Waals surface area (Å²) < 4.78 is 0. The molecule has 2 aromatic heterocycles. The first-order chi connectivity index (χ1) is 10.0. The third-order valence-corrected chi connectivity index (χ3v) is 5.92. The number of hydrogen-bond donors (Lipinski definition) is 2. The molecule has 0 saturated heterocycles. The molecule has 0 fully saturated rings. The smallest absolute Gasteiger partial charge is 0.107 e. The van der Waals surface area contributed by atoms with Crippen molar-refractivity contribution in [3.63, 3.8) is 0 Å². The summed E-state index contributed by atoms with van der Waals surface area (Å²) in [6.45, 7) is 5.46. The molecule has 2 unspecified atom stereocenters. The Labute approximate surface area is 134 Å². The molecule has 21 heavy (non-hydrogen) atoms. The molecule has 2 aromatic rings. The van der Waals surface area contributed by atoms with Gasteiger partial charge in [0.05, 0.1) is 11.3 Å². The molecule has 2 atom stereocenters. The van der Waals surface area contributed by atoms with E-state index in [0.29, 0.717) is 6.54 Å². The van der Waals surface area contributed by atoms with Crippen LogP contribution in [0.5, 0.6) is 0 Å². The quantitative estimate of drug-likeness (QED) is 0.887. The maximum absolute atomic E-state index is 10.5. The van der Waals surface area contributed by atoms with E-state index in [1.807, 2.05) is 35.1 Å². The zero-order valence-electron chi connectivity index (χ0n) is 12.6. The predicted octanol–water partition coefficient (Wildman–Crippen LogP) is 3.33. The van der Waals surface area contributed by atoms with Crippen molar-refractivity contribution in [3.05, 3.63) is 38.0 Å². The van der Waals surface area contributed by atoms with E-state index < -0.39 is 5.60 Å². The second kappa shape index (κ2) is 6.16. The maximum atomic E-state index is 10.5. The van der Waals surface area contributed by atoms with Gasteiger partial charge in [0.15, 0.2) is 0 Å². The van der Waals surface area contributed by atoms with E-state index in [-0.39, 0.29) is 0 Å². The average Bonchev–Trinajstić information content (AvgIpc) is 3.06. The highest BCUT2D eigenvalue weighted by molar-refractivity contribution is 7.11. The van der Waals surface area contributed by atoms with Gasteiger partial charge in [-0.25, -0.2) is 4.98 Å². The van der Waals surface area contributed by atoms with Crippen LogP contribution in [-0.2, 0) is 25.0 Å². The zero-order valence-corrected chi connectivity index (χ0v) is 14.2. The minimum atomic E-state index is -0.814. The zero-order chi connectivity index (χ0) is 14.9. The van der Waals surface area contributed by atoms with Gasteiger partial charge in [-0.3, -0.25) is 0 Å². The Morgan fingerprint density at radius 3 is 3.14 bits per heavy atom. The Hall–Kier alpha value is -0.750. The summed E-state index contributed by atoms with van der Waals surface area (Å²) in [6.07, 6.45) is 3.57. The number of rotatable bonds is 5. The van der Waals surface area contributed by atoms with Crippen LogP contribution in [0.4, 0.5) is 0 Å². The number of aromatic nitrogens is 1. The molecule has 1 aliphatic carbocycles. The fourth-order valence-corrected chi connectivity index (χ4v) is 4.79. The summed E-state index contributed by atoms with van der Waals surface area (Å²) in [6, 6.07) is 1.98. The van der Waals surface area contributed by atoms with Gasteiger partial charge in [-0.1, -0.05) is 6.92 Å². The molecular formula is C16H22N2OS2. The first-order valence-electron chi connectivity index (χ1n) is 7.48. The minimum Gasteiger partial charge on any atom is -0.384 e. The standard InChI is InChI=1S/C16H22N2OS2/c1-11-3-4-13-14(7-11)21-15(18-13)8-17-10-16(2,19)12-5-6-20-9-12/h5-6,9,11,17,19H,3-4,7-8,10H2,1-2H3. The topological polar surface area (TPSA) is 45.2 Å². The highest BCUT2D eigenvalue weighted by Crippen LogP contribution is 2.30. The van der Waals surface area contributed by atoms with Gasteiger partial charge in [0.1, 0.15) is 5.01 Å². The summed E-state index contributed by atoms with van der Waals surface area (Å²) in [5, 5.41) is 19.0. The van der Waals surface area contributed by atoms with Crippen molar-refractivity contribution >= 4 is 22.7 Å². The molecule has 0 bridgehead atoms. The third kappa shape index (κ3) is 3.54. The molecule has 2 heterocycles. The Bertz CT molecular complexity index is 589. The van der Waals surface area contributed by atoms with E-state index in [9.17, 15) is 5.11 Å². The lowest BCUT2D eigenvalue weighted by Crippen LogP contribution is -2.34. The molecule has 2 N–H and O–H groups in total. The van der Waals surface area contributed by atoms with Crippen LogP contribution in [0.15, 0.2) is 16.8 Å². The lowest BCUT2D eigenvalue weighted by molar-refractivity contribution is 0.0571. The Balaban J connectivity index is 1.56. The molecule has 0 spiro atoms. The highest BCUT2D eigenvalue weighted by atomic mass is 32.1. The number of aliphatic hydroxyl groups is 1. The van der Waals surface area contributed by atoms with Crippen molar-refractivity contribution in [1.82, 2.24) is 10.3 Å². The van der Waals surface area contributed by atoms with Crippen molar-refractivity contribution in [2.75, 3.05) is 6.54 Å². The molecule has 3 nitrogen and oxygen atoms in total. The number of thiophene rings is 1. The van der Waals surface area contributed by atoms with Crippen molar-refractivity contribution in [2.24, 2.45) is 5.92 Å². The highest BCUT2D eigenvalue weighted by Gasteiger charge is 2.24. The van der Waals surface area contributed by atoms with Gasteiger partial charge in [0, 0.05) is 18.0 Å². The SMILES string of the molecule is CC1CCc2nc(CNCC(C)(O)c3ccsc3)sc2C1. The lowest BCUT2D eigenvalue weighted by Gasteiger charge is -2.22. The Morgan fingerprint density at radius 2 is 2.38 bits per heavy atom. The summed E-state index contributed by atoms with van der Waals surface area (Å²) in [7, 11) is 0. The van der Waals surface area contributed by atoms with Crippen molar-refractivity contribution in [2.45, 2.75) is 45.3 Å². The van der Waals surface area contributed by atoms with E-state index in [1.54, 1.807) is 11.3 Å². The lowest BCUT2D eigenvalue weighted by atomic mass is 9.93. The van der Waals surface area contributed by atoms with E-state index in [4.69, 9.17) is 4.98 Å². The number of nitrogens with one attached hydrogen (secondary N) is 1. The van der Waals surface area contributed by atoms with Crippen molar-refractivity contribution in [3.8, 4) is 0 Å². The summed E-state index contributed by atoms with van der Waals surface area (Å²) in [4.78, 5) is 6.21. The van der Waals surface area contributed by atoms with E-state index in [2.05, 4.69) is 12.2 Å². The molecule has 0 amide bonds. The van der Waals surface area contributed by atoms with Crippen LogP contribution >= 0.6 is 22.7 Å². The first kappa shape index (κ1) is 15.2. The van der Waals surface area contributed by atoms with Crippen LogP contribution in [0.3, 0.4) is 0 Å². The van der Waals surface area contributed by atoms with E-state index in [0.717, 1.165) is 29.5 Å². The van der Waals surface area contributed by atoms with Crippen LogP contribution in [0.1, 0.15) is 41.4 Å². The molecular weight excluding hydrogens is 300 g/mol. The fraction of sp³-hybridized carbons (Fsp3) is 0.562. The number of thiazole rings is 1. The molecule has 1 aliphatic rings. The molecule has 0 aliphatic heterocycles. The second-order valence-corrected chi connectivity index (χ2v) is 8.16. The number of hydrogen-bond acceptors (Lipinski definition) is 5. The largest absolute Gasteiger partial charge is 0.384 e. The minimum absolute atomic E-state index is 0.546. The van der Waals surface area contributed by atoms with Crippen LogP contribution in [0.2, 0.25) is 0 Å². The van der Waals surface area contributed by atoms with Gasteiger partial charge in [-0.05, 0) is 54.5 Å². The van der Waals surface area contributed by atoms with Gasteiger partial charge < -0.3 is 10.4 Å². The van der Waals surface area contributed by atoms with Gasteiger partial charge in [0.25, 0.3) is 0 Å². The average molecular weight is 322 g/mol.